The molecule has 2 nitrogen and oxygen atoms in total. The molecule has 2 rings (SSSR count). The van der Waals surface area contributed by atoms with Crippen LogP contribution in [-0.4, -0.2) is 11.8 Å². The average Bonchev–Trinajstić information content (AvgIpc) is 2.39. The van der Waals surface area contributed by atoms with E-state index in [4.69, 9.17) is 5.73 Å². The van der Waals surface area contributed by atoms with Crippen LogP contribution in [0.5, 0.6) is 0 Å². The summed E-state index contributed by atoms with van der Waals surface area (Å²) in [6.45, 7) is 0. The normalized spacial score (nSPS) is 19.4. The van der Waals surface area contributed by atoms with E-state index in [0.717, 1.165) is 18.4 Å². The van der Waals surface area contributed by atoms with Gasteiger partial charge in [-0.1, -0.05) is 62.4 Å². The van der Waals surface area contributed by atoms with E-state index in [2.05, 4.69) is 0 Å². The van der Waals surface area contributed by atoms with Crippen LogP contribution in [0.4, 0.5) is 0 Å². The van der Waals surface area contributed by atoms with Gasteiger partial charge in [-0.3, -0.25) is 4.79 Å². The molecule has 2 N–H and O–H groups in total. The largest absolute Gasteiger partial charge is 0.321 e. The molecule has 2 heteroatoms. The number of Topliss-reactive ketones (excluding diaryl/α,β-unsaturated/α-hetero) is 1. The Morgan fingerprint density at radius 1 is 1.05 bits per heavy atom. The number of nitrogens with two attached hydrogens (primary N) is 1. The van der Waals surface area contributed by atoms with Gasteiger partial charge in [0.2, 0.25) is 0 Å². The van der Waals surface area contributed by atoms with Crippen LogP contribution in [0.1, 0.15) is 50.5 Å². The predicted octanol–water partition coefficient (Wildman–Crippen LogP) is 3.49. The highest BCUT2D eigenvalue weighted by molar-refractivity contribution is 5.86. The third kappa shape index (κ3) is 4.46. The predicted molar refractivity (Wildman–Crippen MR) is 78.9 cm³/mol. The molecular weight excluding hydrogens is 234 g/mol. The SMILES string of the molecule is N[C@@H](Cc1ccccc1)C(=O)C1CCCCCCC1. The van der Waals surface area contributed by atoms with Crippen LogP contribution in [0, 0.1) is 5.92 Å². The summed E-state index contributed by atoms with van der Waals surface area (Å²) < 4.78 is 0. The number of rotatable bonds is 4. The highest BCUT2D eigenvalue weighted by atomic mass is 16.1. The van der Waals surface area contributed by atoms with Crippen LogP contribution in [0.3, 0.4) is 0 Å². The first kappa shape index (κ1) is 14.3. The molecule has 0 aliphatic heterocycles. The fourth-order valence-corrected chi connectivity index (χ4v) is 3.01. The molecule has 1 saturated carbocycles. The molecule has 1 aromatic rings. The number of hydrogen-bond donors (Lipinski definition) is 1. The fraction of sp³-hybridized carbons (Fsp3) is 0.588. The van der Waals surface area contributed by atoms with Crippen LogP contribution in [0.15, 0.2) is 30.3 Å². The summed E-state index contributed by atoms with van der Waals surface area (Å²) in [5.74, 6) is 0.491. The molecule has 0 radical (unpaired) electrons. The maximum absolute atomic E-state index is 12.4. The molecule has 1 atom stereocenters. The highest BCUT2D eigenvalue weighted by Crippen LogP contribution is 2.24. The first-order chi connectivity index (χ1) is 9.27. The van der Waals surface area contributed by atoms with E-state index in [9.17, 15) is 4.79 Å². The Bertz CT molecular complexity index is 380. The molecule has 1 aliphatic rings. The minimum Gasteiger partial charge on any atom is -0.321 e. The summed E-state index contributed by atoms with van der Waals surface area (Å²) in [6.07, 6.45) is 9.02. The van der Waals surface area contributed by atoms with Gasteiger partial charge >= 0.3 is 0 Å². The van der Waals surface area contributed by atoms with Gasteiger partial charge in [0.25, 0.3) is 0 Å². The zero-order chi connectivity index (χ0) is 13.5. The molecule has 1 fully saturated rings. The summed E-state index contributed by atoms with van der Waals surface area (Å²) in [5, 5.41) is 0. The Morgan fingerprint density at radius 2 is 1.63 bits per heavy atom. The van der Waals surface area contributed by atoms with Crippen molar-refractivity contribution in [2.45, 2.75) is 57.4 Å². The molecule has 0 amide bonds. The van der Waals surface area contributed by atoms with Crippen molar-refractivity contribution in [2.24, 2.45) is 11.7 Å². The van der Waals surface area contributed by atoms with Crippen molar-refractivity contribution < 1.29 is 4.79 Å². The lowest BCUT2D eigenvalue weighted by Crippen LogP contribution is -2.37. The Balaban J connectivity index is 1.90. The maximum Gasteiger partial charge on any atom is 0.152 e. The van der Waals surface area contributed by atoms with Crippen LogP contribution in [-0.2, 0) is 11.2 Å². The maximum atomic E-state index is 12.4. The zero-order valence-electron chi connectivity index (χ0n) is 11.7. The van der Waals surface area contributed by atoms with Crippen LogP contribution in [0.25, 0.3) is 0 Å². The van der Waals surface area contributed by atoms with Gasteiger partial charge in [0.15, 0.2) is 5.78 Å². The standard InChI is InChI=1S/C17H25NO/c18-16(13-14-9-5-4-6-10-14)17(19)15-11-7-2-1-3-8-12-15/h4-6,9-10,15-16H,1-3,7-8,11-13,18H2/t16-/m0/s1. The smallest absolute Gasteiger partial charge is 0.152 e. The lowest BCUT2D eigenvalue weighted by molar-refractivity contribution is -0.124. The summed E-state index contributed by atoms with van der Waals surface area (Å²) in [5.41, 5.74) is 7.28. The molecule has 0 aromatic heterocycles. The van der Waals surface area contributed by atoms with Crippen LogP contribution in [0.2, 0.25) is 0 Å². The topological polar surface area (TPSA) is 43.1 Å². The summed E-state index contributed by atoms with van der Waals surface area (Å²) >= 11 is 0. The van der Waals surface area contributed by atoms with Crippen LogP contribution < -0.4 is 5.73 Å². The van der Waals surface area contributed by atoms with Crippen molar-refractivity contribution in [1.29, 1.82) is 0 Å². The number of carbonyl (C=O) groups is 1. The van der Waals surface area contributed by atoms with Crippen molar-refractivity contribution in [3.8, 4) is 0 Å². The third-order valence-corrected chi connectivity index (χ3v) is 4.17. The third-order valence-electron chi connectivity index (χ3n) is 4.17. The molecule has 0 spiro atoms. The molecule has 1 aliphatic carbocycles. The second kappa shape index (κ2) is 7.44. The van der Waals surface area contributed by atoms with E-state index in [1.165, 1.54) is 32.1 Å². The highest BCUT2D eigenvalue weighted by Gasteiger charge is 2.24. The number of hydrogen-bond acceptors (Lipinski definition) is 2. The monoisotopic (exact) mass is 259 g/mol. The van der Waals surface area contributed by atoms with Gasteiger partial charge in [0.05, 0.1) is 6.04 Å². The molecular formula is C17H25NO. The Kier molecular flexibility index (Phi) is 5.59. The van der Waals surface area contributed by atoms with Crippen molar-refractivity contribution >= 4 is 5.78 Å². The molecule has 19 heavy (non-hydrogen) atoms. The van der Waals surface area contributed by atoms with E-state index in [1.807, 2.05) is 30.3 Å². The molecule has 0 saturated heterocycles. The van der Waals surface area contributed by atoms with Gasteiger partial charge in [0.1, 0.15) is 0 Å². The fourth-order valence-electron chi connectivity index (χ4n) is 3.01. The molecule has 0 heterocycles. The number of ketones is 1. The number of benzene rings is 1. The van der Waals surface area contributed by atoms with E-state index in [1.54, 1.807) is 0 Å². The zero-order valence-corrected chi connectivity index (χ0v) is 11.7. The van der Waals surface area contributed by atoms with Crippen molar-refractivity contribution in [1.82, 2.24) is 0 Å². The van der Waals surface area contributed by atoms with Gasteiger partial charge in [0, 0.05) is 5.92 Å². The van der Waals surface area contributed by atoms with Gasteiger partial charge in [-0.05, 0) is 24.8 Å². The quantitative estimate of drug-likeness (QED) is 0.899. The van der Waals surface area contributed by atoms with Gasteiger partial charge in [-0.15, -0.1) is 0 Å². The van der Waals surface area contributed by atoms with Crippen molar-refractivity contribution in [2.75, 3.05) is 0 Å². The summed E-state index contributed by atoms with van der Waals surface area (Å²) in [7, 11) is 0. The van der Waals surface area contributed by atoms with Gasteiger partial charge in [-0.25, -0.2) is 0 Å². The molecule has 0 bridgehead atoms. The molecule has 104 valence electrons. The second-order valence-corrected chi connectivity index (χ2v) is 5.74. The minimum absolute atomic E-state index is 0.207. The Labute approximate surface area is 116 Å². The lowest BCUT2D eigenvalue weighted by Gasteiger charge is -2.21. The first-order valence-electron chi connectivity index (χ1n) is 7.60. The first-order valence-corrected chi connectivity index (χ1v) is 7.60. The van der Waals surface area contributed by atoms with Crippen molar-refractivity contribution in [3.05, 3.63) is 35.9 Å². The summed E-state index contributed by atoms with van der Waals surface area (Å²) in [6, 6.07) is 9.76. The van der Waals surface area contributed by atoms with E-state index >= 15 is 0 Å². The molecule has 1 aromatic carbocycles. The minimum atomic E-state index is -0.327. The van der Waals surface area contributed by atoms with Gasteiger partial charge in [-0.2, -0.15) is 0 Å². The second-order valence-electron chi connectivity index (χ2n) is 5.74. The average molecular weight is 259 g/mol. The van der Waals surface area contributed by atoms with E-state index in [-0.39, 0.29) is 17.7 Å². The van der Waals surface area contributed by atoms with Crippen LogP contribution >= 0.6 is 0 Å². The number of carbonyl (C=O) groups excluding carboxylic acids is 1. The summed E-state index contributed by atoms with van der Waals surface area (Å²) in [4.78, 5) is 12.4. The van der Waals surface area contributed by atoms with E-state index < -0.39 is 0 Å². The Morgan fingerprint density at radius 3 is 2.26 bits per heavy atom. The van der Waals surface area contributed by atoms with E-state index in [0.29, 0.717) is 6.42 Å². The molecule has 0 unspecified atom stereocenters. The lowest BCUT2D eigenvalue weighted by atomic mass is 9.84. The Hall–Kier alpha value is -1.15. The van der Waals surface area contributed by atoms with Gasteiger partial charge < -0.3 is 5.73 Å². The van der Waals surface area contributed by atoms with Crippen molar-refractivity contribution in [3.63, 3.8) is 0 Å².